The van der Waals surface area contributed by atoms with Crippen LogP contribution in [0, 0.1) is 0 Å². The van der Waals surface area contributed by atoms with Gasteiger partial charge in [0.1, 0.15) is 25.0 Å². The Kier molecular flexibility index (Phi) is 5.54. The number of hydrogen-bond acceptors (Lipinski definition) is 8. The van der Waals surface area contributed by atoms with E-state index in [1.807, 2.05) is 29.6 Å². The lowest BCUT2D eigenvalue weighted by Crippen LogP contribution is -2.28. The van der Waals surface area contributed by atoms with Gasteiger partial charge < -0.3 is 14.6 Å². The predicted molar refractivity (Wildman–Crippen MR) is 140 cm³/mol. The lowest BCUT2D eigenvalue weighted by atomic mass is 9.99. The number of rotatable bonds is 4. The average molecular weight is 519 g/mol. The predicted octanol–water partition coefficient (Wildman–Crippen LogP) is 5.88. The monoisotopic (exact) mass is 518 g/mol. The number of carbonyl (C=O) groups excluding carboxylic acids is 2. The van der Waals surface area contributed by atoms with Crippen LogP contribution in [0.25, 0.3) is 16.0 Å². The molecule has 2 aromatic carbocycles. The number of aliphatic hydroxyl groups excluding tert-OH is 1. The van der Waals surface area contributed by atoms with Crippen LogP contribution >= 0.6 is 22.7 Å². The van der Waals surface area contributed by atoms with E-state index in [9.17, 15) is 14.7 Å². The van der Waals surface area contributed by atoms with E-state index in [1.54, 1.807) is 18.2 Å². The Morgan fingerprint density at radius 1 is 1.08 bits per heavy atom. The molecule has 2 aromatic heterocycles. The number of anilines is 1. The second kappa shape index (κ2) is 8.76. The molecular formula is C27H22N2O5S2. The van der Waals surface area contributed by atoms with Gasteiger partial charge in [-0.3, -0.25) is 14.5 Å². The number of hydrogen-bond donors (Lipinski definition) is 1. The van der Waals surface area contributed by atoms with Gasteiger partial charge in [-0.2, -0.15) is 0 Å². The molecule has 0 spiro atoms. The molecule has 0 bridgehead atoms. The van der Waals surface area contributed by atoms with Crippen molar-refractivity contribution in [3.05, 3.63) is 75.5 Å². The summed E-state index contributed by atoms with van der Waals surface area (Å²) in [7, 11) is 0. The molecule has 2 aliphatic rings. The van der Waals surface area contributed by atoms with Crippen molar-refractivity contribution in [1.29, 1.82) is 0 Å². The van der Waals surface area contributed by atoms with Gasteiger partial charge in [-0.05, 0) is 53.3 Å². The number of benzene rings is 2. The Labute approximate surface area is 215 Å². The van der Waals surface area contributed by atoms with Gasteiger partial charge >= 0.3 is 5.91 Å². The second-order valence-corrected chi connectivity index (χ2v) is 10.9. The second-order valence-electron chi connectivity index (χ2n) is 8.92. The summed E-state index contributed by atoms with van der Waals surface area (Å²) >= 11 is 2.78. The number of thiazole rings is 1. The van der Waals surface area contributed by atoms with Crippen LogP contribution in [-0.2, 0) is 9.59 Å². The van der Waals surface area contributed by atoms with Crippen molar-refractivity contribution in [2.24, 2.45) is 0 Å². The van der Waals surface area contributed by atoms with Gasteiger partial charge in [0.15, 0.2) is 16.6 Å². The third-order valence-electron chi connectivity index (χ3n) is 6.35. The van der Waals surface area contributed by atoms with E-state index >= 15 is 0 Å². The number of aromatic nitrogens is 1. The number of carbonyl (C=O) groups is 2. The number of amides is 1. The quantitative estimate of drug-likeness (QED) is 0.206. The molecule has 1 N–H and O–H groups in total. The highest BCUT2D eigenvalue weighted by Crippen LogP contribution is 2.46. The van der Waals surface area contributed by atoms with Crippen molar-refractivity contribution < 1.29 is 24.2 Å². The molecule has 7 nitrogen and oxygen atoms in total. The van der Waals surface area contributed by atoms with Crippen LogP contribution in [0.2, 0.25) is 0 Å². The minimum absolute atomic E-state index is 0.0289. The summed E-state index contributed by atoms with van der Waals surface area (Å²) in [4.78, 5) is 33.6. The summed E-state index contributed by atoms with van der Waals surface area (Å²) in [6.07, 6.45) is 0. The standard InChI is InChI=1S/C27H22N2O5S2/c1-14(2)15-5-7-17-21(13-15)36-27(28-17)29-23(20-4-3-11-35-20)22(25(31)26(29)32)24(30)16-6-8-18-19(12-16)34-10-9-33-18/h3-8,11-14,23,30H,9-10H2,1-2H3/b24-22+. The summed E-state index contributed by atoms with van der Waals surface area (Å²) in [6.45, 7) is 5.09. The minimum atomic E-state index is -0.789. The lowest BCUT2D eigenvalue weighted by Gasteiger charge is -2.22. The molecule has 0 radical (unpaired) electrons. The van der Waals surface area contributed by atoms with Crippen LogP contribution in [-0.4, -0.2) is 35.0 Å². The molecular weight excluding hydrogens is 496 g/mol. The highest BCUT2D eigenvalue weighted by Gasteiger charge is 2.48. The van der Waals surface area contributed by atoms with Crippen LogP contribution < -0.4 is 14.4 Å². The fourth-order valence-corrected chi connectivity index (χ4v) is 6.35. The van der Waals surface area contributed by atoms with Crippen molar-refractivity contribution in [3.8, 4) is 11.5 Å². The van der Waals surface area contributed by atoms with Gasteiger partial charge in [0, 0.05) is 10.4 Å². The maximum absolute atomic E-state index is 13.4. The number of thiophene rings is 1. The van der Waals surface area contributed by atoms with Crippen LogP contribution in [0.4, 0.5) is 5.13 Å². The summed E-state index contributed by atoms with van der Waals surface area (Å²) in [5, 5.41) is 13.7. The van der Waals surface area contributed by atoms with Gasteiger partial charge in [0.25, 0.3) is 5.78 Å². The summed E-state index contributed by atoms with van der Waals surface area (Å²) < 4.78 is 12.2. The maximum atomic E-state index is 13.4. The summed E-state index contributed by atoms with van der Waals surface area (Å²) in [5.41, 5.74) is 2.34. The smallest absolute Gasteiger partial charge is 0.301 e. The van der Waals surface area contributed by atoms with Gasteiger partial charge in [0.05, 0.1) is 15.8 Å². The Morgan fingerprint density at radius 2 is 1.89 bits per heavy atom. The fraction of sp³-hybridized carbons (Fsp3) is 0.222. The first kappa shape index (κ1) is 22.8. The molecule has 2 aliphatic heterocycles. The van der Waals surface area contributed by atoms with Gasteiger partial charge in [-0.1, -0.05) is 37.3 Å². The van der Waals surface area contributed by atoms with Gasteiger partial charge in [-0.25, -0.2) is 4.98 Å². The molecule has 0 aliphatic carbocycles. The number of Topliss-reactive ketones (excluding diaryl/α,β-unsaturated/α-hetero) is 1. The first-order valence-corrected chi connectivity index (χ1v) is 13.3. The lowest BCUT2D eigenvalue weighted by molar-refractivity contribution is -0.132. The Hall–Kier alpha value is -3.69. The van der Waals surface area contributed by atoms with E-state index in [2.05, 4.69) is 19.9 Å². The van der Waals surface area contributed by atoms with E-state index in [1.165, 1.54) is 33.1 Å². The first-order chi connectivity index (χ1) is 17.4. The minimum Gasteiger partial charge on any atom is -0.507 e. The van der Waals surface area contributed by atoms with Crippen molar-refractivity contribution >= 4 is 55.5 Å². The molecule has 9 heteroatoms. The van der Waals surface area contributed by atoms with Gasteiger partial charge in [0.2, 0.25) is 0 Å². The largest absolute Gasteiger partial charge is 0.507 e. The zero-order valence-electron chi connectivity index (χ0n) is 19.6. The van der Waals surface area contributed by atoms with Crippen LogP contribution in [0.5, 0.6) is 11.5 Å². The van der Waals surface area contributed by atoms with Crippen LogP contribution in [0.15, 0.2) is 59.5 Å². The maximum Gasteiger partial charge on any atom is 0.301 e. The molecule has 1 unspecified atom stereocenters. The fourth-order valence-electron chi connectivity index (χ4n) is 4.48. The van der Waals surface area contributed by atoms with Crippen LogP contribution in [0.3, 0.4) is 0 Å². The Morgan fingerprint density at radius 3 is 2.64 bits per heavy atom. The molecule has 36 heavy (non-hydrogen) atoms. The number of aliphatic hydroxyl groups is 1. The molecule has 1 amide bonds. The average Bonchev–Trinajstić information content (AvgIpc) is 3.61. The molecule has 4 aromatic rings. The number of nitrogens with zero attached hydrogens (tertiary/aromatic N) is 2. The van der Waals surface area contributed by atoms with Gasteiger partial charge in [-0.15, -0.1) is 11.3 Å². The van der Waals surface area contributed by atoms with E-state index in [0.29, 0.717) is 41.3 Å². The van der Waals surface area contributed by atoms with E-state index in [0.717, 1.165) is 15.1 Å². The molecule has 1 saturated heterocycles. The molecule has 0 saturated carbocycles. The van der Waals surface area contributed by atoms with Crippen molar-refractivity contribution in [3.63, 3.8) is 0 Å². The highest BCUT2D eigenvalue weighted by molar-refractivity contribution is 7.22. The first-order valence-electron chi connectivity index (χ1n) is 11.6. The molecule has 182 valence electrons. The zero-order valence-corrected chi connectivity index (χ0v) is 21.2. The normalized spacial score (nSPS) is 19.0. The van der Waals surface area contributed by atoms with Crippen LogP contribution in [0.1, 0.15) is 41.8 Å². The van der Waals surface area contributed by atoms with Crippen molar-refractivity contribution in [2.45, 2.75) is 25.8 Å². The van der Waals surface area contributed by atoms with Crippen molar-refractivity contribution in [1.82, 2.24) is 4.98 Å². The Bertz CT molecular complexity index is 1540. The molecule has 1 fully saturated rings. The van der Waals surface area contributed by atoms with Crippen molar-refractivity contribution in [2.75, 3.05) is 18.1 Å². The number of ketones is 1. The molecule has 4 heterocycles. The summed E-state index contributed by atoms with van der Waals surface area (Å²) in [6, 6.07) is 14.0. The third kappa shape index (κ3) is 3.66. The van der Waals surface area contributed by atoms with E-state index in [4.69, 9.17) is 14.5 Å². The number of ether oxygens (including phenoxy) is 2. The van der Waals surface area contributed by atoms with E-state index < -0.39 is 17.7 Å². The third-order valence-corrected chi connectivity index (χ3v) is 8.29. The zero-order chi connectivity index (χ0) is 25.0. The summed E-state index contributed by atoms with van der Waals surface area (Å²) in [5.74, 6) is -0.304. The number of fused-ring (bicyclic) bond motifs is 2. The molecule has 1 atom stereocenters. The van der Waals surface area contributed by atoms with E-state index in [-0.39, 0.29) is 11.3 Å². The highest BCUT2D eigenvalue weighted by atomic mass is 32.1. The Balaban J connectivity index is 1.49. The topological polar surface area (TPSA) is 89.0 Å². The molecule has 6 rings (SSSR count). The SMILES string of the molecule is CC(C)c1ccc2nc(N3C(=O)C(=O)/C(=C(/O)c4ccc5c(c4)OCCO5)C3c3cccs3)sc2c1.